The second-order valence-electron chi connectivity index (χ2n) is 3.18. The van der Waals surface area contributed by atoms with Crippen LogP contribution in [0.25, 0.3) is 0 Å². The summed E-state index contributed by atoms with van der Waals surface area (Å²) in [5, 5.41) is 2.56. The average molecular weight is 291 g/mol. The van der Waals surface area contributed by atoms with Crippen molar-refractivity contribution in [3.8, 4) is 0 Å². The predicted octanol–water partition coefficient (Wildman–Crippen LogP) is 1.50. The lowest BCUT2D eigenvalue weighted by Crippen LogP contribution is -2.39. The number of ether oxygens (including phenoxy) is 1. The van der Waals surface area contributed by atoms with Crippen LogP contribution in [-0.4, -0.2) is 25.7 Å². The molecule has 0 aliphatic rings. The smallest absolute Gasteiger partial charge is 0.243 e. The van der Waals surface area contributed by atoms with Crippen molar-refractivity contribution in [2.24, 2.45) is 5.73 Å². The summed E-state index contributed by atoms with van der Waals surface area (Å²) in [6.07, 6.45) is 0. The molecule has 4 nitrogen and oxygen atoms in total. The van der Waals surface area contributed by atoms with Crippen molar-refractivity contribution in [1.29, 1.82) is 0 Å². The van der Waals surface area contributed by atoms with Crippen molar-refractivity contribution in [3.63, 3.8) is 0 Å². The number of anilines is 1. The van der Waals surface area contributed by atoms with E-state index in [1.54, 1.807) is 0 Å². The Morgan fingerprint density at radius 2 is 2.38 bits per heavy atom. The zero-order valence-electron chi connectivity index (χ0n) is 8.67. The van der Waals surface area contributed by atoms with Crippen LogP contribution in [0.1, 0.15) is 0 Å². The summed E-state index contributed by atoms with van der Waals surface area (Å²) in [5.74, 6) is -0.764. The van der Waals surface area contributed by atoms with Gasteiger partial charge in [0.1, 0.15) is 11.9 Å². The van der Waals surface area contributed by atoms with Gasteiger partial charge in [0.25, 0.3) is 0 Å². The Labute approximate surface area is 101 Å². The maximum absolute atomic E-state index is 12.8. The van der Waals surface area contributed by atoms with Crippen molar-refractivity contribution in [2.45, 2.75) is 6.04 Å². The third kappa shape index (κ3) is 3.55. The van der Waals surface area contributed by atoms with Crippen molar-refractivity contribution in [3.05, 3.63) is 28.5 Å². The van der Waals surface area contributed by atoms with Gasteiger partial charge in [0.05, 0.1) is 12.3 Å². The molecular weight excluding hydrogens is 279 g/mol. The van der Waals surface area contributed by atoms with Gasteiger partial charge in [-0.3, -0.25) is 4.79 Å². The monoisotopic (exact) mass is 290 g/mol. The number of rotatable bonds is 4. The number of hydrogen-bond donors (Lipinski definition) is 2. The SMILES string of the molecule is COCC(N)C(=O)Nc1ccc(F)cc1Br. The summed E-state index contributed by atoms with van der Waals surface area (Å²) in [7, 11) is 1.46. The molecule has 0 aliphatic heterocycles. The molecule has 0 saturated heterocycles. The third-order valence-electron chi connectivity index (χ3n) is 1.87. The Morgan fingerprint density at radius 1 is 1.69 bits per heavy atom. The lowest BCUT2D eigenvalue weighted by Gasteiger charge is -2.12. The molecule has 0 fully saturated rings. The zero-order chi connectivity index (χ0) is 12.1. The first-order valence-electron chi connectivity index (χ1n) is 4.55. The van der Waals surface area contributed by atoms with E-state index in [1.165, 1.54) is 25.3 Å². The molecular formula is C10H12BrFN2O2. The number of carbonyl (C=O) groups excluding carboxylic acids is 1. The van der Waals surface area contributed by atoms with E-state index in [2.05, 4.69) is 21.2 Å². The molecule has 1 rings (SSSR count). The number of nitrogens with one attached hydrogen (secondary N) is 1. The number of benzene rings is 1. The average Bonchev–Trinajstić information content (AvgIpc) is 2.22. The van der Waals surface area contributed by atoms with Gasteiger partial charge in [-0.2, -0.15) is 0 Å². The minimum Gasteiger partial charge on any atom is -0.383 e. The molecule has 1 unspecified atom stereocenters. The summed E-state index contributed by atoms with van der Waals surface area (Å²) >= 11 is 3.14. The van der Waals surface area contributed by atoms with Crippen molar-refractivity contribution in [1.82, 2.24) is 0 Å². The Morgan fingerprint density at radius 3 is 2.94 bits per heavy atom. The lowest BCUT2D eigenvalue weighted by molar-refractivity contribution is -0.118. The molecule has 0 heterocycles. The first kappa shape index (κ1) is 13.1. The fourth-order valence-corrected chi connectivity index (χ4v) is 1.52. The van der Waals surface area contributed by atoms with Gasteiger partial charge in [0, 0.05) is 11.6 Å². The second-order valence-corrected chi connectivity index (χ2v) is 4.03. The number of hydrogen-bond acceptors (Lipinski definition) is 3. The first-order valence-corrected chi connectivity index (χ1v) is 5.34. The molecule has 0 spiro atoms. The van der Waals surface area contributed by atoms with E-state index < -0.39 is 6.04 Å². The highest BCUT2D eigenvalue weighted by Crippen LogP contribution is 2.22. The zero-order valence-corrected chi connectivity index (χ0v) is 10.3. The molecule has 3 N–H and O–H groups in total. The number of methoxy groups -OCH3 is 1. The lowest BCUT2D eigenvalue weighted by atomic mass is 10.2. The van der Waals surface area contributed by atoms with Crippen molar-refractivity contribution >= 4 is 27.5 Å². The summed E-state index contributed by atoms with van der Waals surface area (Å²) in [6, 6.07) is 3.22. The van der Waals surface area contributed by atoms with Crippen LogP contribution in [0.3, 0.4) is 0 Å². The van der Waals surface area contributed by atoms with E-state index in [0.717, 1.165) is 0 Å². The number of halogens is 2. The summed E-state index contributed by atoms with van der Waals surface area (Å²) in [4.78, 5) is 11.5. The van der Waals surface area contributed by atoms with Crippen LogP contribution in [0.15, 0.2) is 22.7 Å². The van der Waals surface area contributed by atoms with Gasteiger partial charge in [0.2, 0.25) is 5.91 Å². The van der Waals surface area contributed by atoms with Crippen LogP contribution in [0.5, 0.6) is 0 Å². The molecule has 0 radical (unpaired) electrons. The van der Waals surface area contributed by atoms with E-state index >= 15 is 0 Å². The number of nitrogens with two attached hydrogens (primary N) is 1. The fraction of sp³-hybridized carbons (Fsp3) is 0.300. The Kier molecular flexibility index (Phi) is 4.85. The van der Waals surface area contributed by atoms with Gasteiger partial charge < -0.3 is 15.8 Å². The quantitative estimate of drug-likeness (QED) is 0.883. The number of amides is 1. The van der Waals surface area contributed by atoms with Gasteiger partial charge in [-0.25, -0.2) is 4.39 Å². The van der Waals surface area contributed by atoms with Gasteiger partial charge in [-0.05, 0) is 34.1 Å². The van der Waals surface area contributed by atoms with E-state index in [-0.39, 0.29) is 18.3 Å². The topological polar surface area (TPSA) is 64.3 Å². The van der Waals surface area contributed by atoms with Gasteiger partial charge in [0.15, 0.2) is 0 Å². The van der Waals surface area contributed by atoms with Crippen LogP contribution in [0, 0.1) is 5.82 Å². The minimum absolute atomic E-state index is 0.130. The first-order chi connectivity index (χ1) is 7.54. The Balaban J connectivity index is 2.69. The molecule has 1 aromatic rings. The minimum atomic E-state index is -0.748. The predicted molar refractivity (Wildman–Crippen MR) is 62.6 cm³/mol. The highest BCUT2D eigenvalue weighted by Gasteiger charge is 2.14. The summed E-state index contributed by atoms with van der Waals surface area (Å²) in [5.41, 5.74) is 6.00. The number of carbonyl (C=O) groups is 1. The molecule has 1 aromatic carbocycles. The largest absolute Gasteiger partial charge is 0.383 e. The second kappa shape index (κ2) is 5.93. The molecule has 1 amide bonds. The molecule has 6 heteroatoms. The van der Waals surface area contributed by atoms with Crippen LogP contribution in [0.2, 0.25) is 0 Å². The normalized spacial score (nSPS) is 12.2. The molecule has 0 bridgehead atoms. The van der Waals surface area contributed by atoms with Gasteiger partial charge in [-0.1, -0.05) is 0 Å². The fourth-order valence-electron chi connectivity index (χ4n) is 1.07. The third-order valence-corrected chi connectivity index (χ3v) is 2.53. The van der Waals surface area contributed by atoms with Crippen LogP contribution < -0.4 is 11.1 Å². The van der Waals surface area contributed by atoms with E-state index in [9.17, 15) is 9.18 Å². The summed E-state index contributed by atoms with van der Waals surface area (Å²) in [6.45, 7) is 0.130. The van der Waals surface area contributed by atoms with Gasteiger partial charge in [-0.15, -0.1) is 0 Å². The molecule has 0 aliphatic carbocycles. The molecule has 0 saturated carbocycles. The standard InChI is InChI=1S/C10H12BrFN2O2/c1-16-5-8(13)10(15)14-9-3-2-6(12)4-7(9)11/h2-4,8H,5,13H2,1H3,(H,14,15). The van der Waals surface area contributed by atoms with Crippen molar-refractivity contribution in [2.75, 3.05) is 19.0 Å². The maximum atomic E-state index is 12.8. The van der Waals surface area contributed by atoms with E-state index in [0.29, 0.717) is 10.2 Å². The highest BCUT2D eigenvalue weighted by molar-refractivity contribution is 9.10. The highest BCUT2D eigenvalue weighted by atomic mass is 79.9. The van der Waals surface area contributed by atoms with E-state index in [1.807, 2.05) is 0 Å². The van der Waals surface area contributed by atoms with Crippen molar-refractivity contribution < 1.29 is 13.9 Å². The molecule has 16 heavy (non-hydrogen) atoms. The molecule has 88 valence electrons. The molecule has 1 atom stereocenters. The van der Waals surface area contributed by atoms with Crippen LogP contribution in [-0.2, 0) is 9.53 Å². The van der Waals surface area contributed by atoms with Gasteiger partial charge >= 0.3 is 0 Å². The van der Waals surface area contributed by atoms with Crippen LogP contribution in [0.4, 0.5) is 10.1 Å². The Hall–Kier alpha value is -0.980. The molecule has 0 aromatic heterocycles. The maximum Gasteiger partial charge on any atom is 0.243 e. The van der Waals surface area contributed by atoms with E-state index in [4.69, 9.17) is 10.5 Å². The summed E-state index contributed by atoms with van der Waals surface area (Å²) < 4.78 is 18.0. The van der Waals surface area contributed by atoms with Crippen LogP contribution >= 0.6 is 15.9 Å². The Bertz CT molecular complexity index is 387.